The fraction of sp³-hybridized carbons (Fsp3) is 0.368. The van der Waals surface area contributed by atoms with Crippen LogP contribution in [0.15, 0.2) is 42.7 Å². The molecule has 24 heavy (non-hydrogen) atoms. The fourth-order valence-electron chi connectivity index (χ4n) is 3.21. The molecule has 1 heterocycles. The van der Waals surface area contributed by atoms with Gasteiger partial charge in [-0.15, -0.1) is 0 Å². The summed E-state index contributed by atoms with van der Waals surface area (Å²) in [4.78, 5) is 14.9. The van der Waals surface area contributed by atoms with Gasteiger partial charge in [0.1, 0.15) is 5.82 Å². The number of nitrogens with one attached hydrogen (secondary N) is 1. The lowest BCUT2D eigenvalue weighted by atomic mass is 9.86. The van der Waals surface area contributed by atoms with E-state index in [4.69, 9.17) is 5.11 Å². The first kappa shape index (κ1) is 16.6. The van der Waals surface area contributed by atoms with Gasteiger partial charge in [-0.25, -0.2) is 4.39 Å². The number of carboxylic acid groups (broad SMARTS) is 1. The van der Waals surface area contributed by atoms with Crippen LogP contribution < -0.4 is 5.32 Å². The van der Waals surface area contributed by atoms with Gasteiger partial charge < -0.3 is 10.4 Å². The number of carbonyl (C=O) groups is 1. The number of rotatable bonds is 5. The van der Waals surface area contributed by atoms with Gasteiger partial charge in [0.15, 0.2) is 0 Å². The number of nitrogens with zero attached hydrogens (tertiary/aromatic N) is 1. The van der Waals surface area contributed by atoms with Crippen LogP contribution in [-0.2, 0) is 11.3 Å². The molecule has 1 aliphatic carbocycles. The SMILES string of the molecule is O=C(O)C1CCC(NCc2ccc(-c3ccncc3)cc2F)CC1. The predicted octanol–water partition coefficient (Wildman–Crippen LogP) is 3.62. The van der Waals surface area contributed by atoms with Crippen molar-refractivity contribution in [3.63, 3.8) is 0 Å². The van der Waals surface area contributed by atoms with Gasteiger partial charge in [0, 0.05) is 30.5 Å². The second kappa shape index (κ2) is 7.53. The van der Waals surface area contributed by atoms with Crippen molar-refractivity contribution in [3.05, 3.63) is 54.1 Å². The number of aromatic nitrogens is 1. The Bertz CT molecular complexity index is 698. The largest absolute Gasteiger partial charge is 0.481 e. The van der Waals surface area contributed by atoms with Crippen molar-refractivity contribution in [3.8, 4) is 11.1 Å². The fourth-order valence-corrected chi connectivity index (χ4v) is 3.21. The lowest BCUT2D eigenvalue weighted by Gasteiger charge is -2.27. The molecule has 2 aromatic rings. The third-order valence-electron chi connectivity index (χ3n) is 4.72. The summed E-state index contributed by atoms with van der Waals surface area (Å²) >= 11 is 0. The summed E-state index contributed by atoms with van der Waals surface area (Å²) in [5, 5.41) is 12.4. The number of aliphatic carboxylic acids is 1. The van der Waals surface area contributed by atoms with Gasteiger partial charge in [0.2, 0.25) is 0 Å². The first-order valence-electron chi connectivity index (χ1n) is 8.28. The molecule has 0 radical (unpaired) electrons. The third kappa shape index (κ3) is 3.97. The molecule has 1 saturated carbocycles. The Morgan fingerprint density at radius 3 is 2.46 bits per heavy atom. The minimum Gasteiger partial charge on any atom is -0.481 e. The predicted molar refractivity (Wildman–Crippen MR) is 89.9 cm³/mol. The van der Waals surface area contributed by atoms with Crippen molar-refractivity contribution in [1.82, 2.24) is 10.3 Å². The molecule has 4 nitrogen and oxygen atoms in total. The van der Waals surface area contributed by atoms with Gasteiger partial charge in [-0.2, -0.15) is 0 Å². The number of carboxylic acids is 1. The van der Waals surface area contributed by atoms with Crippen LogP contribution in [0.25, 0.3) is 11.1 Å². The third-order valence-corrected chi connectivity index (χ3v) is 4.72. The van der Waals surface area contributed by atoms with Crippen molar-refractivity contribution in [2.24, 2.45) is 5.92 Å². The molecule has 0 aliphatic heterocycles. The number of halogens is 1. The zero-order chi connectivity index (χ0) is 16.9. The van der Waals surface area contributed by atoms with E-state index in [-0.39, 0.29) is 17.8 Å². The zero-order valence-electron chi connectivity index (χ0n) is 13.4. The van der Waals surface area contributed by atoms with Gasteiger partial charge in [0.05, 0.1) is 5.92 Å². The standard InChI is InChI=1S/C19H21FN2O2/c20-18-11-15(13-7-9-21-10-8-13)1-2-16(18)12-22-17-5-3-14(4-6-17)19(23)24/h1-2,7-11,14,17,22H,3-6,12H2,(H,23,24). The Morgan fingerprint density at radius 2 is 1.83 bits per heavy atom. The van der Waals surface area contributed by atoms with Gasteiger partial charge in [0.25, 0.3) is 0 Å². The highest BCUT2D eigenvalue weighted by Crippen LogP contribution is 2.25. The van der Waals surface area contributed by atoms with E-state index in [1.807, 2.05) is 18.2 Å². The molecule has 0 bridgehead atoms. The minimum absolute atomic E-state index is 0.223. The summed E-state index contributed by atoms with van der Waals surface area (Å²) in [6, 6.07) is 9.24. The zero-order valence-corrected chi connectivity index (χ0v) is 13.4. The Morgan fingerprint density at radius 1 is 1.12 bits per heavy atom. The molecule has 0 saturated heterocycles. The van der Waals surface area contributed by atoms with E-state index in [0.717, 1.165) is 24.0 Å². The lowest BCUT2D eigenvalue weighted by Crippen LogP contribution is -2.34. The first-order valence-corrected chi connectivity index (χ1v) is 8.28. The summed E-state index contributed by atoms with van der Waals surface area (Å²) in [6.07, 6.45) is 6.42. The van der Waals surface area contributed by atoms with Gasteiger partial charge in [-0.1, -0.05) is 12.1 Å². The average molecular weight is 328 g/mol. The molecule has 0 spiro atoms. The molecule has 0 atom stereocenters. The maximum atomic E-state index is 14.3. The molecule has 2 N–H and O–H groups in total. The number of hydrogen-bond donors (Lipinski definition) is 2. The Kier molecular flexibility index (Phi) is 5.20. The van der Waals surface area contributed by atoms with Crippen LogP contribution in [0.5, 0.6) is 0 Å². The molecular formula is C19H21FN2O2. The van der Waals surface area contributed by atoms with E-state index in [2.05, 4.69) is 10.3 Å². The van der Waals surface area contributed by atoms with Crippen LogP contribution in [0, 0.1) is 11.7 Å². The molecule has 126 valence electrons. The molecule has 5 heteroatoms. The minimum atomic E-state index is -0.703. The Hall–Kier alpha value is -2.27. The van der Waals surface area contributed by atoms with Crippen LogP contribution >= 0.6 is 0 Å². The molecule has 1 aliphatic rings. The molecule has 0 amide bonds. The van der Waals surface area contributed by atoms with E-state index >= 15 is 0 Å². The monoisotopic (exact) mass is 328 g/mol. The maximum Gasteiger partial charge on any atom is 0.306 e. The van der Waals surface area contributed by atoms with Crippen molar-refractivity contribution < 1.29 is 14.3 Å². The van der Waals surface area contributed by atoms with E-state index in [9.17, 15) is 9.18 Å². The summed E-state index contributed by atoms with van der Waals surface area (Å²) in [5.74, 6) is -1.15. The average Bonchev–Trinajstić information content (AvgIpc) is 2.62. The summed E-state index contributed by atoms with van der Waals surface area (Å²) in [7, 11) is 0. The Balaban J connectivity index is 1.58. The number of benzene rings is 1. The van der Waals surface area contributed by atoms with Crippen LogP contribution in [0.1, 0.15) is 31.2 Å². The van der Waals surface area contributed by atoms with Gasteiger partial charge in [-0.05, 0) is 55.0 Å². The van der Waals surface area contributed by atoms with Crippen LogP contribution in [0.2, 0.25) is 0 Å². The van der Waals surface area contributed by atoms with Crippen LogP contribution in [0.4, 0.5) is 4.39 Å². The second-order valence-electron chi connectivity index (χ2n) is 6.31. The number of hydrogen-bond acceptors (Lipinski definition) is 3. The first-order chi connectivity index (χ1) is 11.6. The van der Waals surface area contributed by atoms with E-state index < -0.39 is 5.97 Å². The molecule has 1 aromatic carbocycles. The van der Waals surface area contributed by atoms with Crippen molar-refractivity contribution in [2.45, 2.75) is 38.3 Å². The highest BCUT2D eigenvalue weighted by Gasteiger charge is 2.25. The smallest absolute Gasteiger partial charge is 0.306 e. The normalized spacial score (nSPS) is 20.7. The summed E-state index contributed by atoms with van der Waals surface area (Å²) in [5.41, 5.74) is 2.41. The second-order valence-corrected chi connectivity index (χ2v) is 6.31. The van der Waals surface area contributed by atoms with E-state index in [0.29, 0.717) is 24.9 Å². The van der Waals surface area contributed by atoms with Gasteiger partial charge >= 0.3 is 5.97 Å². The molecular weight excluding hydrogens is 307 g/mol. The van der Waals surface area contributed by atoms with Crippen LogP contribution in [-0.4, -0.2) is 22.1 Å². The van der Waals surface area contributed by atoms with E-state index in [1.165, 1.54) is 0 Å². The van der Waals surface area contributed by atoms with E-state index in [1.54, 1.807) is 24.5 Å². The molecule has 1 fully saturated rings. The highest BCUT2D eigenvalue weighted by molar-refractivity contribution is 5.70. The lowest BCUT2D eigenvalue weighted by molar-refractivity contribution is -0.142. The van der Waals surface area contributed by atoms with Crippen molar-refractivity contribution in [1.29, 1.82) is 0 Å². The van der Waals surface area contributed by atoms with Crippen LogP contribution in [0.3, 0.4) is 0 Å². The molecule has 3 rings (SSSR count). The quantitative estimate of drug-likeness (QED) is 0.880. The topological polar surface area (TPSA) is 62.2 Å². The van der Waals surface area contributed by atoms with Crippen molar-refractivity contribution >= 4 is 5.97 Å². The molecule has 0 unspecified atom stereocenters. The molecule has 1 aromatic heterocycles. The van der Waals surface area contributed by atoms with Gasteiger partial charge in [-0.3, -0.25) is 9.78 Å². The highest BCUT2D eigenvalue weighted by atomic mass is 19.1. The Labute approximate surface area is 140 Å². The van der Waals surface area contributed by atoms with Crippen molar-refractivity contribution in [2.75, 3.05) is 0 Å². The summed E-state index contributed by atoms with van der Waals surface area (Å²) in [6.45, 7) is 0.463. The number of pyridine rings is 1. The maximum absolute atomic E-state index is 14.3. The summed E-state index contributed by atoms with van der Waals surface area (Å²) < 4.78 is 14.3.